The zero-order chi connectivity index (χ0) is 19.8. The molecule has 0 atom stereocenters. The van der Waals surface area contributed by atoms with E-state index in [9.17, 15) is 9.59 Å². The zero-order valence-corrected chi connectivity index (χ0v) is 15.6. The summed E-state index contributed by atoms with van der Waals surface area (Å²) >= 11 is 5.79. The Morgan fingerprint density at radius 1 is 1.00 bits per heavy atom. The number of nitrogens with zero attached hydrogens (tertiary/aromatic N) is 3. The number of pyridine rings is 1. The molecular weight excluding hydrogens is 382 g/mol. The SMILES string of the molecule is O=C(CCc1nc(-c2ccncc2)no1)NCCNC(=O)c1ccc(Cl)cc1. The molecule has 3 aromatic rings. The standard InChI is InChI=1S/C19H18ClN5O3/c20-15-3-1-14(2-4-15)19(27)23-12-11-22-16(26)5-6-17-24-18(25-28-17)13-7-9-21-10-8-13/h1-4,7-10H,5-6,11-12H2,(H,22,26)(H,23,27). The van der Waals surface area contributed by atoms with Gasteiger partial charge in [-0.15, -0.1) is 0 Å². The van der Waals surface area contributed by atoms with Gasteiger partial charge in [0.05, 0.1) is 0 Å². The first-order valence-electron chi connectivity index (χ1n) is 8.65. The Hall–Kier alpha value is -3.26. The first-order chi connectivity index (χ1) is 13.6. The number of aromatic nitrogens is 3. The van der Waals surface area contributed by atoms with Gasteiger partial charge in [-0.25, -0.2) is 0 Å². The van der Waals surface area contributed by atoms with Gasteiger partial charge in [-0.2, -0.15) is 4.98 Å². The maximum absolute atomic E-state index is 11.9. The fraction of sp³-hybridized carbons (Fsp3) is 0.211. The summed E-state index contributed by atoms with van der Waals surface area (Å²) in [5, 5.41) is 9.92. The van der Waals surface area contributed by atoms with Crippen molar-refractivity contribution in [2.24, 2.45) is 0 Å². The van der Waals surface area contributed by atoms with Crippen molar-refractivity contribution in [2.75, 3.05) is 13.1 Å². The van der Waals surface area contributed by atoms with Gasteiger partial charge in [0.2, 0.25) is 17.6 Å². The molecule has 0 spiro atoms. The fourth-order valence-corrected chi connectivity index (χ4v) is 2.49. The van der Waals surface area contributed by atoms with Crippen molar-refractivity contribution in [1.29, 1.82) is 0 Å². The van der Waals surface area contributed by atoms with Gasteiger partial charge < -0.3 is 15.2 Å². The lowest BCUT2D eigenvalue weighted by molar-refractivity contribution is -0.121. The molecule has 2 heterocycles. The lowest BCUT2D eigenvalue weighted by Crippen LogP contribution is -2.34. The molecule has 3 rings (SSSR count). The molecular formula is C19H18ClN5O3. The number of carbonyl (C=O) groups is 2. The van der Waals surface area contributed by atoms with Crippen molar-refractivity contribution in [3.63, 3.8) is 0 Å². The van der Waals surface area contributed by atoms with Crippen LogP contribution in [0.5, 0.6) is 0 Å². The van der Waals surface area contributed by atoms with Gasteiger partial charge in [-0.05, 0) is 36.4 Å². The molecule has 0 aliphatic heterocycles. The minimum atomic E-state index is -0.222. The smallest absolute Gasteiger partial charge is 0.251 e. The van der Waals surface area contributed by atoms with E-state index < -0.39 is 0 Å². The molecule has 2 N–H and O–H groups in total. The summed E-state index contributed by atoms with van der Waals surface area (Å²) in [6.07, 6.45) is 3.83. The zero-order valence-electron chi connectivity index (χ0n) is 14.9. The molecule has 9 heteroatoms. The Labute approximate surface area is 166 Å². The van der Waals surface area contributed by atoms with Gasteiger partial charge in [0.15, 0.2) is 0 Å². The summed E-state index contributed by atoms with van der Waals surface area (Å²) in [6, 6.07) is 10.1. The van der Waals surface area contributed by atoms with Crippen molar-refractivity contribution in [1.82, 2.24) is 25.8 Å². The molecule has 0 saturated carbocycles. The maximum atomic E-state index is 11.9. The van der Waals surface area contributed by atoms with E-state index in [2.05, 4.69) is 25.8 Å². The van der Waals surface area contributed by atoms with Gasteiger partial charge in [0.25, 0.3) is 5.91 Å². The van der Waals surface area contributed by atoms with Crippen LogP contribution in [0, 0.1) is 0 Å². The van der Waals surface area contributed by atoms with E-state index in [1.54, 1.807) is 48.8 Å². The predicted octanol–water partition coefficient (Wildman–Crippen LogP) is 2.26. The molecule has 0 aliphatic rings. The number of halogens is 1. The topological polar surface area (TPSA) is 110 Å². The van der Waals surface area contributed by atoms with Crippen LogP contribution in [0.25, 0.3) is 11.4 Å². The normalized spacial score (nSPS) is 10.5. The minimum Gasteiger partial charge on any atom is -0.354 e. The van der Waals surface area contributed by atoms with E-state index in [4.69, 9.17) is 16.1 Å². The molecule has 28 heavy (non-hydrogen) atoms. The van der Waals surface area contributed by atoms with Gasteiger partial charge in [0, 0.05) is 54.5 Å². The average molecular weight is 400 g/mol. The highest BCUT2D eigenvalue weighted by molar-refractivity contribution is 6.30. The summed E-state index contributed by atoms with van der Waals surface area (Å²) in [4.78, 5) is 32.0. The van der Waals surface area contributed by atoms with Crippen molar-refractivity contribution < 1.29 is 14.1 Å². The first-order valence-corrected chi connectivity index (χ1v) is 9.03. The summed E-state index contributed by atoms with van der Waals surface area (Å²) in [6.45, 7) is 0.643. The van der Waals surface area contributed by atoms with Crippen LogP contribution in [-0.2, 0) is 11.2 Å². The molecule has 144 valence electrons. The number of hydrogen-bond donors (Lipinski definition) is 2. The van der Waals surface area contributed by atoms with Crippen LogP contribution in [0.4, 0.5) is 0 Å². The molecule has 0 saturated heterocycles. The number of nitrogens with one attached hydrogen (secondary N) is 2. The Morgan fingerprint density at radius 3 is 2.46 bits per heavy atom. The largest absolute Gasteiger partial charge is 0.354 e. The molecule has 2 amide bonds. The summed E-state index contributed by atoms with van der Waals surface area (Å²) in [5.41, 5.74) is 1.31. The number of benzene rings is 1. The molecule has 1 aromatic carbocycles. The molecule has 0 unspecified atom stereocenters. The lowest BCUT2D eigenvalue weighted by atomic mass is 10.2. The van der Waals surface area contributed by atoms with Crippen LogP contribution in [0.3, 0.4) is 0 Å². The molecule has 8 nitrogen and oxygen atoms in total. The molecule has 0 bridgehead atoms. The van der Waals surface area contributed by atoms with Crippen molar-refractivity contribution in [3.8, 4) is 11.4 Å². The Balaban J connectivity index is 1.35. The highest BCUT2D eigenvalue weighted by atomic mass is 35.5. The quantitative estimate of drug-likeness (QED) is 0.562. The van der Waals surface area contributed by atoms with Crippen LogP contribution in [0.15, 0.2) is 53.3 Å². The average Bonchev–Trinajstić information content (AvgIpc) is 3.20. The Morgan fingerprint density at radius 2 is 1.71 bits per heavy atom. The number of aryl methyl sites for hydroxylation is 1. The van der Waals surface area contributed by atoms with E-state index in [1.807, 2.05) is 0 Å². The van der Waals surface area contributed by atoms with Gasteiger partial charge >= 0.3 is 0 Å². The summed E-state index contributed by atoms with van der Waals surface area (Å²) in [7, 11) is 0. The van der Waals surface area contributed by atoms with Crippen LogP contribution in [0.1, 0.15) is 22.7 Å². The van der Waals surface area contributed by atoms with Crippen LogP contribution < -0.4 is 10.6 Å². The second-order valence-electron chi connectivity index (χ2n) is 5.86. The predicted molar refractivity (Wildman–Crippen MR) is 103 cm³/mol. The maximum Gasteiger partial charge on any atom is 0.251 e. The van der Waals surface area contributed by atoms with Crippen molar-refractivity contribution in [3.05, 3.63) is 65.3 Å². The first kappa shape index (κ1) is 19.5. The number of carbonyl (C=O) groups excluding carboxylic acids is 2. The van der Waals surface area contributed by atoms with E-state index >= 15 is 0 Å². The highest BCUT2D eigenvalue weighted by Crippen LogP contribution is 2.14. The van der Waals surface area contributed by atoms with Crippen LogP contribution >= 0.6 is 11.6 Å². The van der Waals surface area contributed by atoms with Gasteiger partial charge in [-0.3, -0.25) is 14.6 Å². The minimum absolute atomic E-state index is 0.163. The molecule has 2 aromatic heterocycles. The third-order valence-corrected chi connectivity index (χ3v) is 4.06. The van der Waals surface area contributed by atoms with Gasteiger partial charge in [-0.1, -0.05) is 16.8 Å². The number of hydrogen-bond acceptors (Lipinski definition) is 6. The van der Waals surface area contributed by atoms with E-state index in [0.717, 1.165) is 5.56 Å². The number of amides is 2. The van der Waals surface area contributed by atoms with Crippen LogP contribution in [-0.4, -0.2) is 40.0 Å². The molecule has 0 radical (unpaired) electrons. The summed E-state index contributed by atoms with van der Waals surface area (Å²) in [5.74, 6) is 0.463. The van der Waals surface area contributed by atoms with Crippen molar-refractivity contribution >= 4 is 23.4 Å². The Kier molecular flexibility index (Phi) is 6.69. The molecule has 0 fully saturated rings. The van der Waals surface area contributed by atoms with Crippen molar-refractivity contribution in [2.45, 2.75) is 12.8 Å². The van der Waals surface area contributed by atoms with E-state index in [0.29, 0.717) is 41.8 Å². The van der Waals surface area contributed by atoms with Crippen LogP contribution in [0.2, 0.25) is 5.02 Å². The fourth-order valence-electron chi connectivity index (χ4n) is 2.36. The highest BCUT2D eigenvalue weighted by Gasteiger charge is 2.10. The third-order valence-electron chi connectivity index (χ3n) is 3.81. The number of rotatable bonds is 8. The second-order valence-corrected chi connectivity index (χ2v) is 6.30. The lowest BCUT2D eigenvalue weighted by Gasteiger charge is -2.07. The molecule has 0 aliphatic carbocycles. The third kappa shape index (κ3) is 5.62. The van der Waals surface area contributed by atoms with E-state index in [-0.39, 0.29) is 18.2 Å². The second kappa shape index (κ2) is 9.61. The Bertz CT molecular complexity index is 928. The van der Waals surface area contributed by atoms with Gasteiger partial charge in [0.1, 0.15) is 0 Å². The monoisotopic (exact) mass is 399 g/mol. The summed E-state index contributed by atoms with van der Waals surface area (Å²) < 4.78 is 5.16. The van der Waals surface area contributed by atoms with E-state index in [1.165, 1.54) is 0 Å².